The van der Waals surface area contributed by atoms with Crippen molar-refractivity contribution in [1.29, 1.82) is 0 Å². The second-order valence-corrected chi connectivity index (χ2v) is 4.35. The maximum atomic E-state index is 12.1. The Morgan fingerprint density at radius 2 is 2.44 bits per heavy atom. The topological polar surface area (TPSA) is 75.0 Å². The highest BCUT2D eigenvalue weighted by molar-refractivity contribution is 7.80. The fourth-order valence-electron chi connectivity index (χ4n) is 2.00. The van der Waals surface area contributed by atoms with Crippen LogP contribution in [0.3, 0.4) is 0 Å². The lowest BCUT2D eigenvalue weighted by atomic mass is 10.0. The first-order valence-electron chi connectivity index (χ1n) is 5.30. The molecule has 1 aliphatic heterocycles. The first-order valence-corrected chi connectivity index (χ1v) is 5.70. The number of carbonyl (C=O) groups excluding carboxylic acids is 1. The van der Waals surface area contributed by atoms with Crippen molar-refractivity contribution in [2.45, 2.75) is 25.3 Å². The van der Waals surface area contributed by atoms with E-state index >= 15 is 0 Å². The van der Waals surface area contributed by atoms with E-state index in [9.17, 15) is 4.79 Å². The van der Waals surface area contributed by atoms with E-state index in [2.05, 4.69) is 10.2 Å². The second kappa shape index (κ2) is 4.61. The Morgan fingerprint density at radius 3 is 3.06 bits per heavy atom. The monoisotopic (exact) mass is 238 g/mol. The normalized spacial score (nSPS) is 20.8. The fourth-order valence-corrected chi connectivity index (χ4v) is 2.25. The van der Waals surface area contributed by atoms with Crippen LogP contribution in [0.2, 0.25) is 0 Å². The summed E-state index contributed by atoms with van der Waals surface area (Å²) in [6, 6.07) is 1.55. The van der Waals surface area contributed by atoms with Gasteiger partial charge in [-0.25, -0.2) is 0 Å². The van der Waals surface area contributed by atoms with Crippen LogP contribution in [-0.4, -0.2) is 38.6 Å². The Kier molecular flexibility index (Phi) is 3.19. The Labute approximate surface area is 99.0 Å². The van der Waals surface area contributed by atoms with E-state index in [4.69, 9.17) is 18.0 Å². The zero-order valence-electron chi connectivity index (χ0n) is 8.85. The highest BCUT2D eigenvalue weighted by atomic mass is 32.1. The number of amides is 1. The van der Waals surface area contributed by atoms with E-state index < -0.39 is 0 Å². The van der Waals surface area contributed by atoms with Gasteiger partial charge in [-0.1, -0.05) is 12.2 Å². The molecule has 1 unspecified atom stereocenters. The van der Waals surface area contributed by atoms with Gasteiger partial charge in [0.1, 0.15) is 5.69 Å². The standard InChI is InChI=1S/C10H14N4OS/c11-9(16)8-3-1-2-6-14(8)10(15)7-4-5-12-13-7/h4-5,8H,1-3,6H2,(H2,11,16)(H,12,13). The largest absolute Gasteiger partial charge is 0.392 e. The third-order valence-electron chi connectivity index (χ3n) is 2.82. The third kappa shape index (κ3) is 2.06. The molecule has 1 aromatic heterocycles. The molecule has 2 heterocycles. The molecule has 3 N–H and O–H groups in total. The van der Waals surface area contributed by atoms with Crippen LogP contribution < -0.4 is 5.73 Å². The number of rotatable bonds is 2. The number of hydrogen-bond donors (Lipinski definition) is 2. The molecule has 2 rings (SSSR count). The minimum absolute atomic E-state index is 0.0741. The Balaban J connectivity index is 2.17. The first kappa shape index (κ1) is 11.1. The van der Waals surface area contributed by atoms with Gasteiger partial charge in [-0.15, -0.1) is 0 Å². The molecule has 86 valence electrons. The predicted octanol–water partition coefficient (Wildman–Crippen LogP) is 0.690. The van der Waals surface area contributed by atoms with Crippen molar-refractivity contribution in [3.63, 3.8) is 0 Å². The van der Waals surface area contributed by atoms with Crippen LogP contribution in [0.1, 0.15) is 29.8 Å². The van der Waals surface area contributed by atoms with E-state index in [0.717, 1.165) is 19.3 Å². The number of piperidine rings is 1. The number of thiocarbonyl (C=S) groups is 1. The summed E-state index contributed by atoms with van der Waals surface area (Å²) in [7, 11) is 0. The summed E-state index contributed by atoms with van der Waals surface area (Å²) in [5.74, 6) is -0.0741. The summed E-state index contributed by atoms with van der Waals surface area (Å²) in [6.07, 6.45) is 4.48. The van der Waals surface area contributed by atoms with Gasteiger partial charge in [0.15, 0.2) is 0 Å². The number of nitrogens with one attached hydrogen (secondary N) is 1. The summed E-state index contributed by atoms with van der Waals surface area (Å²) >= 11 is 5.00. The molecule has 1 saturated heterocycles. The van der Waals surface area contributed by atoms with Gasteiger partial charge in [0.2, 0.25) is 0 Å². The van der Waals surface area contributed by atoms with Crippen molar-refractivity contribution in [2.75, 3.05) is 6.54 Å². The van der Waals surface area contributed by atoms with Gasteiger partial charge in [-0.2, -0.15) is 5.10 Å². The maximum absolute atomic E-state index is 12.1. The zero-order valence-corrected chi connectivity index (χ0v) is 9.67. The van der Waals surface area contributed by atoms with Crippen LogP contribution in [-0.2, 0) is 0 Å². The minimum Gasteiger partial charge on any atom is -0.392 e. The number of H-pyrrole nitrogens is 1. The average molecular weight is 238 g/mol. The highest BCUT2D eigenvalue weighted by Crippen LogP contribution is 2.19. The van der Waals surface area contributed by atoms with Crippen LogP contribution in [0.15, 0.2) is 12.3 Å². The summed E-state index contributed by atoms with van der Waals surface area (Å²) < 4.78 is 0. The Hall–Kier alpha value is -1.43. The van der Waals surface area contributed by atoms with Crippen molar-refractivity contribution in [1.82, 2.24) is 15.1 Å². The molecule has 1 fully saturated rings. The molecule has 0 aromatic carbocycles. The average Bonchev–Trinajstić information content (AvgIpc) is 2.81. The van der Waals surface area contributed by atoms with E-state index in [-0.39, 0.29) is 11.9 Å². The van der Waals surface area contributed by atoms with E-state index in [0.29, 0.717) is 17.2 Å². The zero-order chi connectivity index (χ0) is 11.5. The molecule has 0 aliphatic carbocycles. The van der Waals surface area contributed by atoms with Crippen LogP contribution in [0.25, 0.3) is 0 Å². The number of carbonyl (C=O) groups is 1. The van der Waals surface area contributed by atoms with Crippen LogP contribution in [0, 0.1) is 0 Å². The van der Waals surface area contributed by atoms with Gasteiger partial charge in [0, 0.05) is 12.7 Å². The van der Waals surface area contributed by atoms with Crippen molar-refractivity contribution in [3.8, 4) is 0 Å². The number of aromatic nitrogens is 2. The molecule has 16 heavy (non-hydrogen) atoms. The van der Waals surface area contributed by atoms with Crippen molar-refractivity contribution in [2.24, 2.45) is 5.73 Å². The molecule has 0 saturated carbocycles. The van der Waals surface area contributed by atoms with Gasteiger partial charge < -0.3 is 10.6 Å². The lowest BCUT2D eigenvalue weighted by Gasteiger charge is -2.34. The van der Waals surface area contributed by atoms with E-state index in [1.807, 2.05) is 0 Å². The lowest BCUT2D eigenvalue weighted by molar-refractivity contribution is 0.0675. The summed E-state index contributed by atoms with van der Waals surface area (Å²) in [5, 5.41) is 6.44. The number of nitrogens with two attached hydrogens (primary N) is 1. The molecule has 1 aromatic rings. The van der Waals surface area contributed by atoms with Gasteiger partial charge in [0.05, 0.1) is 11.0 Å². The number of likely N-dealkylation sites (tertiary alicyclic amines) is 1. The van der Waals surface area contributed by atoms with Crippen molar-refractivity contribution < 1.29 is 4.79 Å². The number of hydrogen-bond acceptors (Lipinski definition) is 3. The Bertz CT molecular complexity index is 390. The molecule has 0 spiro atoms. The SMILES string of the molecule is NC(=S)C1CCCCN1C(=O)c1ccn[nH]1. The minimum atomic E-state index is -0.112. The third-order valence-corrected chi connectivity index (χ3v) is 3.10. The van der Waals surface area contributed by atoms with Crippen LogP contribution in [0.5, 0.6) is 0 Å². The van der Waals surface area contributed by atoms with Crippen molar-refractivity contribution in [3.05, 3.63) is 18.0 Å². The highest BCUT2D eigenvalue weighted by Gasteiger charge is 2.29. The summed E-state index contributed by atoms with van der Waals surface area (Å²) in [4.78, 5) is 14.2. The van der Waals surface area contributed by atoms with Gasteiger partial charge in [-0.3, -0.25) is 9.89 Å². The lowest BCUT2D eigenvalue weighted by Crippen LogP contribution is -2.49. The molecule has 5 nitrogen and oxygen atoms in total. The molecular formula is C10H14N4OS. The molecule has 0 radical (unpaired) electrons. The van der Waals surface area contributed by atoms with Crippen LogP contribution in [0.4, 0.5) is 0 Å². The van der Waals surface area contributed by atoms with Gasteiger partial charge in [0.25, 0.3) is 5.91 Å². The van der Waals surface area contributed by atoms with Crippen molar-refractivity contribution >= 4 is 23.1 Å². The Morgan fingerprint density at radius 1 is 1.62 bits per heavy atom. The molecule has 0 bridgehead atoms. The maximum Gasteiger partial charge on any atom is 0.272 e. The fraction of sp³-hybridized carbons (Fsp3) is 0.500. The smallest absolute Gasteiger partial charge is 0.272 e. The van der Waals surface area contributed by atoms with Crippen LogP contribution >= 0.6 is 12.2 Å². The summed E-state index contributed by atoms with van der Waals surface area (Å²) in [6.45, 7) is 0.708. The van der Waals surface area contributed by atoms with Gasteiger partial charge >= 0.3 is 0 Å². The molecular weight excluding hydrogens is 224 g/mol. The summed E-state index contributed by atoms with van der Waals surface area (Å²) in [5.41, 5.74) is 6.15. The first-order chi connectivity index (χ1) is 7.70. The predicted molar refractivity (Wildman–Crippen MR) is 64.0 cm³/mol. The molecule has 1 atom stereocenters. The number of aromatic amines is 1. The second-order valence-electron chi connectivity index (χ2n) is 3.88. The van der Waals surface area contributed by atoms with Gasteiger partial charge in [-0.05, 0) is 25.3 Å². The molecule has 1 amide bonds. The molecule has 1 aliphatic rings. The van der Waals surface area contributed by atoms with E-state index in [1.165, 1.54) is 0 Å². The number of nitrogens with zero attached hydrogens (tertiary/aromatic N) is 2. The quantitative estimate of drug-likeness (QED) is 0.743. The molecule has 6 heteroatoms. The van der Waals surface area contributed by atoms with E-state index in [1.54, 1.807) is 17.2 Å².